The van der Waals surface area contributed by atoms with E-state index in [1.54, 1.807) is 0 Å². The van der Waals surface area contributed by atoms with Crippen molar-refractivity contribution < 1.29 is 9.15 Å². The van der Waals surface area contributed by atoms with E-state index < -0.39 is 0 Å². The fraction of sp³-hybridized carbons (Fsp3) is 0.429. The van der Waals surface area contributed by atoms with E-state index in [0.717, 1.165) is 25.3 Å². The van der Waals surface area contributed by atoms with Crippen LogP contribution >= 0.6 is 0 Å². The summed E-state index contributed by atoms with van der Waals surface area (Å²) in [5, 5.41) is 8.21. The number of rotatable bonds is 3. The lowest BCUT2D eigenvalue weighted by Crippen LogP contribution is -2.40. The van der Waals surface area contributed by atoms with E-state index in [1.807, 2.05) is 30.3 Å². The molecular formula is C14H17N3O2. The topological polar surface area (TPSA) is 51.4 Å². The number of benzene rings is 1. The van der Waals surface area contributed by atoms with Crippen LogP contribution in [0.2, 0.25) is 0 Å². The Kier molecular flexibility index (Phi) is 3.57. The second kappa shape index (κ2) is 5.50. The van der Waals surface area contributed by atoms with Gasteiger partial charge in [-0.3, -0.25) is 4.90 Å². The van der Waals surface area contributed by atoms with Gasteiger partial charge in [0, 0.05) is 18.7 Å². The molecule has 3 rings (SSSR count). The van der Waals surface area contributed by atoms with Crippen molar-refractivity contribution in [3.05, 3.63) is 36.2 Å². The number of nitrogens with zero attached hydrogens (tertiary/aromatic N) is 3. The first-order valence-electron chi connectivity index (χ1n) is 6.53. The molecule has 1 atom stereocenters. The Labute approximate surface area is 112 Å². The molecule has 0 spiro atoms. The molecule has 0 N–H and O–H groups in total. The van der Waals surface area contributed by atoms with Gasteiger partial charge in [-0.1, -0.05) is 18.2 Å². The summed E-state index contributed by atoms with van der Waals surface area (Å²) in [7, 11) is 0. The monoisotopic (exact) mass is 259 g/mol. The maximum absolute atomic E-state index is 5.70. The minimum absolute atomic E-state index is 0.269. The second-order valence-electron chi connectivity index (χ2n) is 4.78. The van der Waals surface area contributed by atoms with Crippen LogP contribution in [0.25, 0.3) is 11.5 Å². The molecule has 0 bridgehead atoms. The highest BCUT2D eigenvalue weighted by molar-refractivity contribution is 5.51. The Morgan fingerprint density at radius 2 is 2.11 bits per heavy atom. The van der Waals surface area contributed by atoms with Crippen molar-refractivity contribution in [3.8, 4) is 11.5 Å². The summed E-state index contributed by atoms with van der Waals surface area (Å²) in [5.41, 5.74) is 0.955. The lowest BCUT2D eigenvalue weighted by Gasteiger charge is -2.29. The highest BCUT2D eigenvalue weighted by Crippen LogP contribution is 2.18. The van der Waals surface area contributed by atoms with Crippen molar-refractivity contribution in [2.75, 3.05) is 19.7 Å². The molecule has 1 fully saturated rings. The number of ether oxygens (including phenoxy) is 1. The quantitative estimate of drug-likeness (QED) is 0.843. The van der Waals surface area contributed by atoms with Crippen LogP contribution in [0.4, 0.5) is 0 Å². The fourth-order valence-corrected chi connectivity index (χ4v) is 2.24. The minimum Gasteiger partial charge on any atom is -0.419 e. The first-order chi connectivity index (χ1) is 9.31. The molecule has 2 heterocycles. The first kappa shape index (κ1) is 12.3. The smallest absolute Gasteiger partial charge is 0.247 e. The van der Waals surface area contributed by atoms with E-state index in [1.165, 1.54) is 0 Å². The van der Waals surface area contributed by atoms with E-state index in [2.05, 4.69) is 22.0 Å². The first-order valence-corrected chi connectivity index (χ1v) is 6.53. The number of morpholine rings is 1. The summed E-state index contributed by atoms with van der Waals surface area (Å²) in [6, 6.07) is 9.82. The molecule has 5 heteroatoms. The third-order valence-electron chi connectivity index (χ3n) is 3.17. The fourth-order valence-electron chi connectivity index (χ4n) is 2.24. The Balaban J connectivity index is 1.68. The molecule has 1 aliphatic heterocycles. The summed E-state index contributed by atoms with van der Waals surface area (Å²) >= 11 is 0. The van der Waals surface area contributed by atoms with Crippen molar-refractivity contribution in [2.24, 2.45) is 0 Å². The lowest BCUT2D eigenvalue weighted by atomic mass is 10.2. The largest absolute Gasteiger partial charge is 0.419 e. The molecule has 0 radical (unpaired) electrons. The van der Waals surface area contributed by atoms with E-state index in [9.17, 15) is 0 Å². The average Bonchev–Trinajstić information content (AvgIpc) is 2.88. The van der Waals surface area contributed by atoms with Crippen LogP contribution in [-0.2, 0) is 11.3 Å². The van der Waals surface area contributed by atoms with Crippen LogP contribution in [0.15, 0.2) is 34.7 Å². The third-order valence-corrected chi connectivity index (χ3v) is 3.17. The van der Waals surface area contributed by atoms with Gasteiger partial charge in [0.1, 0.15) is 0 Å². The zero-order chi connectivity index (χ0) is 13.1. The van der Waals surface area contributed by atoms with Crippen LogP contribution in [0.5, 0.6) is 0 Å². The molecule has 0 unspecified atom stereocenters. The Morgan fingerprint density at radius 1 is 1.26 bits per heavy atom. The predicted octanol–water partition coefficient (Wildman–Crippen LogP) is 1.96. The molecule has 19 heavy (non-hydrogen) atoms. The second-order valence-corrected chi connectivity index (χ2v) is 4.78. The van der Waals surface area contributed by atoms with Gasteiger partial charge in [0.25, 0.3) is 0 Å². The van der Waals surface area contributed by atoms with Crippen molar-refractivity contribution in [2.45, 2.75) is 19.6 Å². The van der Waals surface area contributed by atoms with Crippen molar-refractivity contribution in [1.29, 1.82) is 0 Å². The van der Waals surface area contributed by atoms with Gasteiger partial charge in [-0.15, -0.1) is 10.2 Å². The van der Waals surface area contributed by atoms with E-state index in [-0.39, 0.29) is 6.10 Å². The summed E-state index contributed by atoms with van der Waals surface area (Å²) < 4.78 is 11.2. The number of hydrogen-bond donors (Lipinski definition) is 0. The van der Waals surface area contributed by atoms with Crippen LogP contribution < -0.4 is 0 Å². The van der Waals surface area contributed by atoms with Gasteiger partial charge in [0.2, 0.25) is 11.8 Å². The standard InChI is InChI=1S/C14H17N3O2/c1-11-9-17(7-8-18-11)10-13-15-16-14(19-13)12-5-3-2-4-6-12/h2-6,11H,7-10H2,1H3/t11-/m0/s1. The van der Waals surface area contributed by atoms with Gasteiger partial charge in [0.15, 0.2) is 0 Å². The molecule has 1 aromatic carbocycles. The van der Waals surface area contributed by atoms with Crippen LogP contribution in [-0.4, -0.2) is 40.9 Å². The van der Waals surface area contributed by atoms with Crippen molar-refractivity contribution in [3.63, 3.8) is 0 Å². The highest BCUT2D eigenvalue weighted by atomic mass is 16.5. The molecule has 1 saturated heterocycles. The molecule has 0 saturated carbocycles. The molecule has 0 amide bonds. The molecule has 5 nitrogen and oxygen atoms in total. The third kappa shape index (κ3) is 3.00. The van der Waals surface area contributed by atoms with E-state index >= 15 is 0 Å². The van der Waals surface area contributed by atoms with Gasteiger partial charge in [-0.25, -0.2) is 0 Å². The summed E-state index contributed by atoms with van der Waals surface area (Å²) in [6.45, 7) is 5.35. The maximum Gasteiger partial charge on any atom is 0.247 e. The van der Waals surface area contributed by atoms with Gasteiger partial charge >= 0.3 is 0 Å². The van der Waals surface area contributed by atoms with E-state index in [4.69, 9.17) is 9.15 Å². The Morgan fingerprint density at radius 3 is 2.89 bits per heavy atom. The summed E-state index contributed by atoms with van der Waals surface area (Å²) in [6.07, 6.45) is 0.269. The van der Waals surface area contributed by atoms with Gasteiger partial charge in [0.05, 0.1) is 19.3 Å². The minimum atomic E-state index is 0.269. The Bertz CT molecular complexity index is 526. The molecule has 1 aromatic heterocycles. The summed E-state index contributed by atoms with van der Waals surface area (Å²) in [4.78, 5) is 2.27. The molecule has 100 valence electrons. The zero-order valence-electron chi connectivity index (χ0n) is 11.0. The van der Waals surface area contributed by atoms with Crippen molar-refractivity contribution >= 4 is 0 Å². The summed E-state index contributed by atoms with van der Waals surface area (Å²) in [5.74, 6) is 1.24. The average molecular weight is 259 g/mol. The van der Waals surface area contributed by atoms with Crippen molar-refractivity contribution in [1.82, 2.24) is 15.1 Å². The molecule has 2 aromatic rings. The maximum atomic E-state index is 5.70. The van der Waals surface area contributed by atoms with Gasteiger partial charge in [-0.2, -0.15) is 0 Å². The van der Waals surface area contributed by atoms with Crippen LogP contribution in [0, 0.1) is 0 Å². The van der Waals surface area contributed by atoms with Gasteiger partial charge in [-0.05, 0) is 19.1 Å². The van der Waals surface area contributed by atoms with E-state index in [0.29, 0.717) is 18.3 Å². The van der Waals surface area contributed by atoms with Crippen LogP contribution in [0.1, 0.15) is 12.8 Å². The SMILES string of the molecule is C[C@H]1CN(Cc2nnc(-c3ccccc3)o2)CCO1. The number of aromatic nitrogens is 2. The number of hydrogen-bond acceptors (Lipinski definition) is 5. The molecular weight excluding hydrogens is 242 g/mol. The molecule has 0 aliphatic carbocycles. The highest BCUT2D eigenvalue weighted by Gasteiger charge is 2.19. The normalized spacial score (nSPS) is 20.6. The van der Waals surface area contributed by atoms with Crippen LogP contribution in [0.3, 0.4) is 0 Å². The Hall–Kier alpha value is -1.72. The van der Waals surface area contributed by atoms with Gasteiger partial charge < -0.3 is 9.15 Å². The lowest BCUT2D eigenvalue weighted by molar-refractivity contribution is -0.0235. The molecule has 1 aliphatic rings. The predicted molar refractivity (Wildman–Crippen MR) is 70.4 cm³/mol. The zero-order valence-corrected chi connectivity index (χ0v) is 11.0.